The molecule has 1 rings (SSSR count). The molecule has 0 aromatic heterocycles. The van der Waals surface area contributed by atoms with Crippen molar-refractivity contribution in [2.45, 2.75) is 13.8 Å². The molecule has 2 nitrogen and oxygen atoms in total. The highest BCUT2D eigenvalue weighted by Crippen LogP contribution is 2.26. The molecule has 0 atom stereocenters. The largest absolute Gasteiger partial charge is 0.495 e. The molecule has 2 heteroatoms. The Morgan fingerprint density at radius 2 is 2.17 bits per heavy atom. The molecule has 1 aromatic rings. The molecule has 0 amide bonds. The van der Waals surface area contributed by atoms with Gasteiger partial charge in [-0.2, -0.15) is 0 Å². The fraction of sp³-hybridized carbons (Fsp3) is 0.400. The van der Waals surface area contributed by atoms with Crippen LogP contribution in [-0.2, 0) is 0 Å². The number of aryl methyl sites for hydroxylation is 1. The molecule has 1 aromatic carbocycles. The molecule has 0 spiro atoms. The SMILES string of the molecule is CCNc1c(C)cccc1OC. The lowest BCUT2D eigenvalue weighted by atomic mass is 10.2. The summed E-state index contributed by atoms with van der Waals surface area (Å²) in [6.45, 7) is 5.06. The van der Waals surface area contributed by atoms with Crippen molar-refractivity contribution in [3.05, 3.63) is 23.8 Å². The smallest absolute Gasteiger partial charge is 0.142 e. The standard InChI is InChI=1S/C10H15NO/c1-4-11-10-8(2)6-5-7-9(10)12-3/h5-7,11H,4H2,1-3H3. The number of nitrogens with one attached hydrogen (secondary N) is 1. The molecule has 12 heavy (non-hydrogen) atoms. The van der Waals surface area contributed by atoms with Crippen LogP contribution in [0.4, 0.5) is 5.69 Å². The summed E-state index contributed by atoms with van der Waals surface area (Å²) in [5.74, 6) is 0.914. The minimum Gasteiger partial charge on any atom is -0.495 e. The van der Waals surface area contributed by atoms with Gasteiger partial charge < -0.3 is 10.1 Å². The first-order valence-electron chi connectivity index (χ1n) is 4.17. The highest BCUT2D eigenvalue weighted by atomic mass is 16.5. The molecule has 1 N–H and O–H groups in total. The van der Waals surface area contributed by atoms with Crippen molar-refractivity contribution in [1.82, 2.24) is 0 Å². The van der Waals surface area contributed by atoms with Crippen molar-refractivity contribution in [3.63, 3.8) is 0 Å². The number of ether oxygens (including phenoxy) is 1. The Morgan fingerprint density at radius 1 is 1.42 bits per heavy atom. The van der Waals surface area contributed by atoms with Gasteiger partial charge in [-0.1, -0.05) is 12.1 Å². The monoisotopic (exact) mass is 165 g/mol. The molecule has 0 heterocycles. The first-order chi connectivity index (χ1) is 5.79. The van der Waals surface area contributed by atoms with Crippen molar-refractivity contribution in [3.8, 4) is 5.75 Å². The Kier molecular flexibility index (Phi) is 2.97. The van der Waals surface area contributed by atoms with Crippen LogP contribution >= 0.6 is 0 Å². The van der Waals surface area contributed by atoms with Gasteiger partial charge in [0, 0.05) is 6.54 Å². The molecule has 0 aliphatic heterocycles. The van der Waals surface area contributed by atoms with Crippen molar-refractivity contribution in [2.24, 2.45) is 0 Å². The quantitative estimate of drug-likeness (QED) is 0.742. The van der Waals surface area contributed by atoms with Gasteiger partial charge in [-0.15, -0.1) is 0 Å². The molecular weight excluding hydrogens is 150 g/mol. The third-order valence-corrected chi connectivity index (χ3v) is 1.81. The molecule has 0 bridgehead atoms. The molecule has 0 saturated carbocycles. The summed E-state index contributed by atoms with van der Waals surface area (Å²) < 4.78 is 5.22. The van der Waals surface area contributed by atoms with E-state index in [9.17, 15) is 0 Å². The lowest BCUT2D eigenvalue weighted by molar-refractivity contribution is 0.416. The lowest BCUT2D eigenvalue weighted by Crippen LogP contribution is -2.01. The van der Waals surface area contributed by atoms with Crippen molar-refractivity contribution < 1.29 is 4.74 Å². The van der Waals surface area contributed by atoms with E-state index in [1.54, 1.807) is 7.11 Å². The predicted octanol–water partition coefficient (Wildman–Crippen LogP) is 2.44. The average molecular weight is 165 g/mol. The van der Waals surface area contributed by atoms with Crippen LogP contribution in [0.3, 0.4) is 0 Å². The van der Waals surface area contributed by atoms with Gasteiger partial charge in [0.1, 0.15) is 5.75 Å². The zero-order valence-electron chi connectivity index (χ0n) is 7.85. The summed E-state index contributed by atoms with van der Waals surface area (Å²) in [7, 11) is 1.69. The number of rotatable bonds is 3. The summed E-state index contributed by atoms with van der Waals surface area (Å²) in [5.41, 5.74) is 2.32. The molecule has 0 saturated heterocycles. The van der Waals surface area contributed by atoms with Gasteiger partial charge in [0.15, 0.2) is 0 Å². The zero-order chi connectivity index (χ0) is 8.97. The van der Waals surface area contributed by atoms with Crippen LogP contribution in [0, 0.1) is 6.92 Å². The highest BCUT2D eigenvalue weighted by molar-refractivity contribution is 5.61. The second-order valence-corrected chi connectivity index (χ2v) is 2.68. The number of hydrogen-bond acceptors (Lipinski definition) is 2. The van der Waals surface area contributed by atoms with E-state index in [2.05, 4.69) is 25.2 Å². The Balaban J connectivity index is 3.02. The van der Waals surface area contributed by atoms with E-state index < -0.39 is 0 Å². The zero-order valence-corrected chi connectivity index (χ0v) is 7.85. The minimum atomic E-state index is 0.914. The summed E-state index contributed by atoms with van der Waals surface area (Å²) in [6, 6.07) is 6.03. The van der Waals surface area contributed by atoms with E-state index >= 15 is 0 Å². The summed E-state index contributed by atoms with van der Waals surface area (Å²) in [4.78, 5) is 0. The molecule has 66 valence electrons. The first-order valence-corrected chi connectivity index (χ1v) is 4.17. The van der Waals surface area contributed by atoms with E-state index in [4.69, 9.17) is 4.74 Å². The second kappa shape index (κ2) is 4.00. The van der Waals surface area contributed by atoms with E-state index in [0.29, 0.717) is 0 Å². The van der Waals surface area contributed by atoms with Crippen LogP contribution in [-0.4, -0.2) is 13.7 Å². The van der Waals surface area contributed by atoms with Gasteiger partial charge in [0.05, 0.1) is 12.8 Å². The van der Waals surface area contributed by atoms with Gasteiger partial charge in [-0.3, -0.25) is 0 Å². The van der Waals surface area contributed by atoms with Crippen LogP contribution in [0.2, 0.25) is 0 Å². The maximum atomic E-state index is 5.22. The van der Waals surface area contributed by atoms with Gasteiger partial charge in [0.25, 0.3) is 0 Å². The van der Waals surface area contributed by atoms with Crippen molar-refractivity contribution in [1.29, 1.82) is 0 Å². The van der Waals surface area contributed by atoms with Gasteiger partial charge in [0.2, 0.25) is 0 Å². The third kappa shape index (κ3) is 1.70. The fourth-order valence-corrected chi connectivity index (χ4v) is 1.21. The molecule has 0 fully saturated rings. The summed E-state index contributed by atoms with van der Waals surface area (Å²) in [6.07, 6.45) is 0. The number of hydrogen-bond donors (Lipinski definition) is 1. The number of methoxy groups -OCH3 is 1. The maximum Gasteiger partial charge on any atom is 0.142 e. The van der Waals surface area contributed by atoms with Gasteiger partial charge >= 0.3 is 0 Å². The molecule has 0 radical (unpaired) electrons. The molecule has 0 aliphatic rings. The fourth-order valence-electron chi connectivity index (χ4n) is 1.21. The molecular formula is C10H15NO. The number of anilines is 1. The topological polar surface area (TPSA) is 21.3 Å². The minimum absolute atomic E-state index is 0.914. The van der Waals surface area contributed by atoms with E-state index in [1.807, 2.05) is 12.1 Å². The second-order valence-electron chi connectivity index (χ2n) is 2.68. The Labute approximate surface area is 73.6 Å². The first kappa shape index (κ1) is 8.91. The van der Waals surface area contributed by atoms with Crippen LogP contribution in [0.1, 0.15) is 12.5 Å². The Hall–Kier alpha value is -1.18. The van der Waals surface area contributed by atoms with Gasteiger partial charge in [-0.25, -0.2) is 0 Å². The van der Waals surface area contributed by atoms with Crippen molar-refractivity contribution in [2.75, 3.05) is 19.0 Å². The van der Waals surface area contributed by atoms with E-state index in [1.165, 1.54) is 5.56 Å². The molecule has 0 unspecified atom stereocenters. The summed E-state index contributed by atoms with van der Waals surface area (Å²) >= 11 is 0. The van der Waals surface area contributed by atoms with Crippen molar-refractivity contribution >= 4 is 5.69 Å². The third-order valence-electron chi connectivity index (χ3n) is 1.81. The number of benzene rings is 1. The lowest BCUT2D eigenvalue weighted by Gasteiger charge is -2.11. The Bertz CT molecular complexity index is 258. The van der Waals surface area contributed by atoms with Crippen LogP contribution in [0.15, 0.2) is 18.2 Å². The maximum absolute atomic E-state index is 5.22. The highest BCUT2D eigenvalue weighted by Gasteiger charge is 2.02. The normalized spacial score (nSPS) is 9.58. The number of para-hydroxylation sites is 1. The van der Waals surface area contributed by atoms with Gasteiger partial charge in [-0.05, 0) is 25.5 Å². The van der Waals surface area contributed by atoms with Crippen LogP contribution in [0.5, 0.6) is 5.75 Å². The average Bonchev–Trinajstić information content (AvgIpc) is 2.09. The van der Waals surface area contributed by atoms with Crippen LogP contribution < -0.4 is 10.1 Å². The summed E-state index contributed by atoms with van der Waals surface area (Å²) in [5, 5.41) is 3.27. The van der Waals surface area contributed by atoms with Crippen LogP contribution in [0.25, 0.3) is 0 Å². The predicted molar refractivity (Wildman–Crippen MR) is 51.9 cm³/mol. The van der Waals surface area contributed by atoms with E-state index in [0.717, 1.165) is 18.0 Å². The molecule has 0 aliphatic carbocycles. The van der Waals surface area contributed by atoms with E-state index in [-0.39, 0.29) is 0 Å². The Morgan fingerprint density at radius 3 is 2.75 bits per heavy atom.